The third-order valence-corrected chi connectivity index (χ3v) is 3.81. The number of nitrogens with one attached hydrogen (secondary N) is 1. The van der Waals surface area contributed by atoms with Crippen LogP contribution in [0.4, 0.5) is 0 Å². The van der Waals surface area contributed by atoms with Crippen LogP contribution in [0, 0.1) is 19.3 Å². The minimum Gasteiger partial charge on any atom is -0.361 e. The first-order chi connectivity index (χ1) is 8.44. The molecule has 0 aromatic carbocycles. The molecular weight excluding hydrogens is 230 g/mol. The van der Waals surface area contributed by atoms with Gasteiger partial charge in [0, 0.05) is 19.2 Å². The van der Waals surface area contributed by atoms with Gasteiger partial charge in [-0.25, -0.2) is 0 Å². The van der Waals surface area contributed by atoms with Gasteiger partial charge in [-0.05, 0) is 33.7 Å². The van der Waals surface area contributed by atoms with Crippen LogP contribution in [0.3, 0.4) is 0 Å². The first-order valence-electron chi connectivity index (χ1n) is 6.32. The second-order valence-corrected chi connectivity index (χ2v) is 5.45. The molecule has 1 saturated heterocycles. The molecule has 1 aliphatic heterocycles. The van der Waals surface area contributed by atoms with E-state index in [9.17, 15) is 4.79 Å². The lowest BCUT2D eigenvalue weighted by molar-refractivity contribution is -0.139. The van der Waals surface area contributed by atoms with Crippen LogP contribution < -0.4 is 5.32 Å². The van der Waals surface area contributed by atoms with Crippen LogP contribution >= 0.6 is 0 Å². The van der Waals surface area contributed by atoms with E-state index in [1.807, 2.05) is 27.8 Å². The number of hydrogen-bond acceptors (Lipinski definition) is 4. The van der Waals surface area contributed by atoms with E-state index in [2.05, 4.69) is 10.5 Å². The van der Waals surface area contributed by atoms with Gasteiger partial charge in [-0.1, -0.05) is 5.16 Å². The Morgan fingerprint density at radius 3 is 2.78 bits per heavy atom. The Morgan fingerprint density at radius 2 is 2.28 bits per heavy atom. The highest BCUT2D eigenvalue weighted by atomic mass is 16.5. The molecule has 100 valence electrons. The van der Waals surface area contributed by atoms with E-state index in [0.29, 0.717) is 6.54 Å². The van der Waals surface area contributed by atoms with Crippen molar-refractivity contribution in [3.8, 4) is 0 Å². The molecule has 5 nitrogen and oxygen atoms in total. The van der Waals surface area contributed by atoms with Gasteiger partial charge in [0.05, 0.1) is 17.7 Å². The van der Waals surface area contributed by atoms with Crippen LogP contribution in [0.5, 0.6) is 0 Å². The van der Waals surface area contributed by atoms with Crippen molar-refractivity contribution in [2.24, 2.45) is 5.41 Å². The standard InChI is InChI=1S/C13H21N3O2/c1-9-11(10(2)18-15-9)7-16(4)12(17)13(3)5-6-14-8-13/h14H,5-8H2,1-4H3/t13-/m0/s1. The third-order valence-electron chi connectivity index (χ3n) is 3.81. The molecule has 0 unspecified atom stereocenters. The lowest BCUT2D eigenvalue weighted by Gasteiger charge is -2.28. The lowest BCUT2D eigenvalue weighted by atomic mass is 9.88. The monoisotopic (exact) mass is 251 g/mol. The van der Waals surface area contributed by atoms with Crippen LogP contribution in [0.1, 0.15) is 30.4 Å². The molecule has 18 heavy (non-hydrogen) atoms. The molecule has 1 aromatic heterocycles. The minimum absolute atomic E-state index is 0.188. The zero-order valence-electron chi connectivity index (χ0n) is 11.5. The molecule has 2 heterocycles. The van der Waals surface area contributed by atoms with Crippen LogP contribution in [0.15, 0.2) is 4.52 Å². The molecule has 1 aromatic rings. The second kappa shape index (κ2) is 4.72. The number of aryl methyl sites for hydroxylation is 2. The summed E-state index contributed by atoms with van der Waals surface area (Å²) >= 11 is 0. The topological polar surface area (TPSA) is 58.4 Å². The van der Waals surface area contributed by atoms with E-state index in [-0.39, 0.29) is 11.3 Å². The highest BCUT2D eigenvalue weighted by Crippen LogP contribution is 2.27. The van der Waals surface area contributed by atoms with Crippen molar-refractivity contribution < 1.29 is 9.32 Å². The average Bonchev–Trinajstić information content (AvgIpc) is 2.90. The number of carbonyl (C=O) groups is 1. The molecule has 2 rings (SSSR count). The molecule has 5 heteroatoms. The fraction of sp³-hybridized carbons (Fsp3) is 0.692. The summed E-state index contributed by atoms with van der Waals surface area (Å²) in [5.41, 5.74) is 1.61. The van der Waals surface area contributed by atoms with Crippen molar-refractivity contribution in [1.82, 2.24) is 15.4 Å². The first-order valence-corrected chi connectivity index (χ1v) is 6.32. The number of hydrogen-bond donors (Lipinski definition) is 1. The predicted molar refractivity (Wildman–Crippen MR) is 68.0 cm³/mol. The largest absolute Gasteiger partial charge is 0.361 e. The normalized spacial score (nSPS) is 23.3. The summed E-state index contributed by atoms with van der Waals surface area (Å²) in [6, 6.07) is 0. The van der Waals surface area contributed by atoms with Gasteiger partial charge in [-0.2, -0.15) is 0 Å². The van der Waals surface area contributed by atoms with Gasteiger partial charge in [0.15, 0.2) is 0 Å². The summed E-state index contributed by atoms with van der Waals surface area (Å²) < 4.78 is 5.13. The molecule has 1 fully saturated rings. The maximum absolute atomic E-state index is 12.5. The summed E-state index contributed by atoms with van der Waals surface area (Å²) in [5, 5.41) is 7.17. The number of aromatic nitrogens is 1. The van der Waals surface area contributed by atoms with Gasteiger partial charge in [0.1, 0.15) is 5.76 Å². The minimum atomic E-state index is -0.270. The number of rotatable bonds is 3. The SMILES string of the molecule is Cc1noc(C)c1CN(C)C(=O)[C@@]1(C)CCNC1. The first kappa shape index (κ1) is 13.1. The number of nitrogens with zero attached hydrogens (tertiary/aromatic N) is 2. The molecule has 0 spiro atoms. The summed E-state index contributed by atoms with van der Waals surface area (Å²) in [4.78, 5) is 14.2. The molecule has 0 saturated carbocycles. The highest BCUT2D eigenvalue weighted by Gasteiger charge is 2.38. The molecule has 1 aliphatic rings. The van der Waals surface area contributed by atoms with Gasteiger partial charge in [-0.3, -0.25) is 4.79 Å². The Bertz CT molecular complexity index is 428. The molecular formula is C13H21N3O2. The number of carbonyl (C=O) groups excluding carboxylic acids is 1. The van der Waals surface area contributed by atoms with Crippen molar-refractivity contribution in [3.05, 3.63) is 17.0 Å². The summed E-state index contributed by atoms with van der Waals surface area (Å²) in [5.74, 6) is 0.981. The van der Waals surface area contributed by atoms with Gasteiger partial charge < -0.3 is 14.7 Å². The van der Waals surface area contributed by atoms with E-state index in [1.54, 1.807) is 4.90 Å². The zero-order chi connectivity index (χ0) is 13.3. The van der Waals surface area contributed by atoms with Crippen LogP contribution in [0.25, 0.3) is 0 Å². The van der Waals surface area contributed by atoms with Crippen molar-refractivity contribution >= 4 is 5.91 Å². The summed E-state index contributed by atoms with van der Waals surface area (Å²) in [6.45, 7) is 8.06. The fourth-order valence-electron chi connectivity index (χ4n) is 2.50. The van der Waals surface area contributed by atoms with Crippen LogP contribution in [0.2, 0.25) is 0 Å². The molecule has 1 atom stereocenters. The Morgan fingerprint density at radius 1 is 1.56 bits per heavy atom. The molecule has 0 radical (unpaired) electrons. The molecule has 1 N–H and O–H groups in total. The quantitative estimate of drug-likeness (QED) is 0.878. The van der Waals surface area contributed by atoms with Crippen LogP contribution in [-0.4, -0.2) is 36.1 Å². The Hall–Kier alpha value is -1.36. The van der Waals surface area contributed by atoms with Gasteiger partial charge >= 0.3 is 0 Å². The van der Waals surface area contributed by atoms with E-state index in [0.717, 1.165) is 36.5 Å². The van der Waals surface area contributed by atoms with Gasteiger partial charge in [0.25, 0.3) is 0 Å². The second-order valence-electron chi connectivity index (χ2n) is 5.45. The van der Waals surface area contributed by atoms with Crippen LogP contribution in [-0.2, 0) is 11.3 Å². The highest BCUT2D eigenvalue weighted by molar-refractivity contribution is 5.82. The van der Waals surface area contributed by atoms with Crippen molar-refractivity contribution in [1.29, 1.82) is 0 Å². The molecule has 0 bridgehead atoms. The smallest absolute Gasteiger partial charge is 0.229 e. The number of amides is 1. The van der Waals surface area contributed by atoms with Gasteiger partial charge in [-0.15, -0.1) is 0 Å². The Labute approximate surface area is 108 Å². The van der Waals surface area contributed by atoms with Gasteiger partial charge in [0.2, 0.25) is 5.91 Å². The maximum Gasteiger partial charge on any atom is 0.229 e. The van der Waals surface area contributed by atoms with E-state index < -0.39 is 0 Å². The van der Waals surface area contributed by atoms with E-state index in [4.69, 9.17) is 4.52 Å². The van der Waals surface area contributed by atoms with Crippen molar-refractivity contribution in [3.63, 3.8) is 0 Å². The Balaban J connectivity index is 2.08. The Kier molecular flexibility index (Phi) is 3.43. The zero-order valence-corrected chi connectivity index (χ0v) is 11.5. The molecule has 1 amide bonds. The summed E-state index contributed by atoms with van der Waals surface area (Å²) in [6.07, 6.45) is 0.901. The summed E-state index contributed by atoms with van der Waals surface area (Å²) in [7, 11) is 1.85. The van der Waals surface area contributed by atoms with Crippen molar-refractivity contribution in [2.45, 2.75) is 33.7 Å². The maximum atomic E-state index is 12.5. The third kappa shape index (κ3) is 2.27. The fourth-order valence-corrected chi connectivity index (χ4v) is 2.50. The van der Waals surface area contributed by atoms with Crippen molar-refractivity contribution in [2.75, 3.05) is 20.1 Å². The lowest BCUT2D eigenvalue weighted by Crippen LogP contribution is -2.41. The predicted octanol–water partition coefficient (Wildman–Crippen LogP) is 1.25. The molecule has 0 aliphatic carbocycles. The van der Waals surface area contributed by atoms with E-state index >= 15 is 0 Å². The average molecular weight is 251 g/mol. The van der Waals surface area contributed by atoms with E-state index in [1.165, 1.54) is 0 Å².